The summed E-state index contributed by atoms with van der Waals surface area (Å²) in [7, 11) is 4.26. The largest absolute Gasteiger partial charge is 0.387 e. The van der Waals surface area contributed by atoms with Gasteiger partial charge in [-0.1, -0.05) is 17.7 Å². The molecule has 4 nitrogen and oxygen atoms in total. The van der Waals surface area contributed by atoms with Crippen LogP contribution in [-0.2, 0) is 13.6 Å². The molecule has 21 heavy (non-hydrogen) atoms. The molecular weight excluding hydrogens is 260 g/mol. The smallest absolute Gasteiger partial charge is 0.123 e. The third-order valence-electron chi connectivity index (χ3n) is 4.30. The van der Waals surface area contributed by atoms with Crippen LogP contribution in [0.15, 0.2) is 35.5 Å². The van der Waals surface area contributed by atoms with Crippen LogP contribution in [-0.4, -0.2) is 34.6 Å². The molecule has 0 aliphatic carbocycles. The van der Waals surface area contributed by atoms with Gasteiger partial charge in [-0.05, 0) is 38.9 Å². The molecule has 112 valence electrons. The highest BCUT2D eigenvalue weighted by molar-refractivity contribution is 5.75. The van der Waals surface area contributed by atoms with Gasteiger partial charge in [0.05, 0.1) is 17.6 Å². The first-order valence-electron chi connectivity index (χ1n) is 7.66. The highest BCUT2D eigenvalue weighted by Gasteiger charge is 2.13. The molecule has 0 radical (unpaired) electrons. The monoisotopic (exact) mass is 284 g/mol. The highest BCUT2D eigenvalue weighted by atomic mass is 15.2. The fraction of sp³-hybridized carbons (Fsp3) is 0.471. The van der Waals surface area contributed by atoms with Crippen molar-refractivity contribution in [3.8, 4) is 0 Å². The number of hydrogen-bond acceptors (Lipinski definition) is 3. The van der Waals surface area contributed by atoms with Crippen LogP contribution in [0.2, 0.25) is 0 Å². The van der Waals surface area contributed by atoms with Gasteiger partial charge >= 0.3 is 0 Å². The maximum Gasteiger partial charge on any atom is 0.123 e. The maximum absolute atomic E-state index is 4.75. The van der Waals surface area contributed by atoms with Crippen LogP contribution in [0.25, 0.3) is 11.0 Å². The molecule has 0 unspecified atom stereocenters. The van der Waals surface area contributed by atoms with Gasteiger partial charge in [-0.3, -0.25) is 4.90 Å². The molecule has 1 aromatic heterocycles. The summed E-state index contributed by atoms with van der Waals surface area (Å²) in [5, 5.41) is 3.54. The van der Waals surface area contributed by atoms with E-state index in [1.807, 2.05) is 6.07 Å². The number of para-hydroxylation sites is 2. The number of allylic oxidation sites excluding steroid dienone is 1. The summed E-state index contributed by atoms with van der Waals surface area (Å²) in [6.45, 7) is 5.18. The average Bonchev–Trinajstić information content (AvgIpc) is 2.78. The van der Waals surface area contributed by atoms with Gasteiger partial charge < -0.3 is 9.88 Å². The van der Waals surface area contributed by atoms with Crippen molar-refractivity contribution in [2.75, 3.05) is 20.1 Å². The third-order valence-corrected chi connectivity index (χ3v) is 4.30. The minimum atomic E-state index is 0.865. The van der Waals surface area contributed by atoms with Gasteiger partial charge in [0.2, 0.25) is 0 Å². The van der Waals surface area contributed by atoms with E-state index in [2.05, 4.69) is 54.0 Å². The number of hydrogen-bond donors (Lipinski definition) is 1. The first-order chi connectivity index (χ1) is 10.1. The molecule has 2 heterocycles. The quantitative estimate of drug-likeness (QED) is 0.937. The van der Waals surface area contributed by atoms with Crippen molar-refractivity contribution in [3.05, 3.63) is 41.4 Å². The Morgan fingerprint density at radius 1 is 1.29 bits per heavy atom. The molecule has 0 bridgehead atoms. The normalized spacial score (nSPS) is 15.8. The van der Waals surface area contributed by atoms with E-state index in [1.165, 1.54) is 29.6 Å². The van der Waals surface area contributed by atoms with Gasteiger partial charge in [0, 0.05) is 25.8 Å². The summed E-state index contributed by atoms with van der Waals surface area (Å²) in [6, 6.07) is 8.32. The Kier molecular flexibility index (Phi) is 3.97. The van der Waals surface area contributed by atoms with E-state index in [0.29, 0.717) is 0 Å². The number of imidazole rings is 1. The average molecular weight is 284 g/mol. The molecule has 0 saturated heterocycles. The lowest BCUT2D eigenvalue weighted by molar-refractivity contribution is 0.331. The van der Waals surface area contributed by atoms with Gasteiger partial charge in [-0.25, -0.2) is 4.98 Å². The Bertz CT molecular complexity index is 668. The van der Waals surface area contributed by atoms with Gasteiger partial charge in [0.25, 0.3) is 0 Å². The fourth-order valence-corrected chi connectivity index (χ4v) is 2.99. The standard InChI is InChI=1S/C17H24N4/c1-13-7-6-10-18-15(13)11-20(2)12-17-19-14-8-4-5-9-16(14)21(17)3/h4-5,8-9,18H,6-7,10-12H2,1-3H3. The minimum Gasteiger partial charge on any atom is -0.387 e. The van der Waals surface area contributed by atoms with E-state index >= 15 is 0 Å². The second-order valence-electron chi connectivity index (χ2n) is 6.04. The lowest BCUT2D eigenvalue weighted by Crippen LogP contribution is -2.31. The molecule has 1 aliphatic heterocycles. The summed E-state index contributed by atoms with van der Waals surface area (Å²) in [5.74, 6) is 1.12. The molecule has 3 rings (SSSR count). The van der Waals surface area contributed by atoms with E-state index in [4.69, 9.17) is 4.98 Å². The Morgan fingerprint density at radius 3 is 2.86 bits per heavy atom. The maximum atomic E-state index is 4.75. The van der Waals surface area contributed by atoms with E-state index in [0.717, 1.165) is 31.0 Å². The summed E-state index contributed by atoms with van der Waals surface area (Å²) >= 11 is 0. The van der Waals surface area contributed by atoms with E-state index in [1.54, 1.807) is 0 Å². The van der Waals surface area contributed by atoms with Crippen molar-refractivity contribution < 1.29 is 0 Å². The molecule has 2 aromatic rings. The lowest BCUT2D eigenvalue weighted by atomic mass is 10.1. The summed E-state index contributed by atoms with van der Waals surface area (Å²) in [4.78, 5) is 7.08. The van der Waals surface area contributed by atoms with Gasteiger partial charge in [0.1, 0.15) is 5.82 Å². The summed E-state index contributed by atoms with van der Waals surface area (Å²) in [6.07, 6.45) is 2.48. The number of benzene rings is 1. The zero-order valence-corrected chi connectivity index (χ0v) is 13.2. The number of fused-ring (bicyclic) bond motifs is 1. The number of aryl methyl sites for hydroxylation is 1. The Labute approximate surface area is 126 Å². The SMILES string of the molecule is CC1=C(CN(C)Cc2nc3ccccc3n2C)NCCC1. The van der Waals surface area contributed by atoms with Crippen LogP contribution >= 0.6 is 0 Å². The van der Waals surface area contributed by atoms with Crippen LogP contribution in [0.1, 0.15) is 25.6 Å². The van der Waals surface area contributed by atoms with Crippen molar-refractivity contribution in [1.82, 2.24) is 19.8 Å². The summed E-state index contributed by atoms with van der Waals surface area (Å²) in [5.41, 5.74) is 5.17. The van der Waals surface area contributed by atoms with Crippen LogP contribution in [0.5, 0.6) is 0 Å². The number of rotatable bonds is 4. The van der Waals surface area contributed by atoms with Crippen molar-refractivity contribution in [2.24, 2.45) is 7.05 Å². The number of aromatic nitrogens is 2. The Hall–Kier alpha value is -1.81. The molecule has 0 saturated carbocycles. The van der Waals surface area contributed by atoms with Crippen molar-refractivity contribution in [3.63, 3.8) is 0 Å². The van der Waals surface area contributed by atoms with Crippen molar-refractivity contribution in [2.45, 2.75) is 26.3 Å². The van der Waals surface area contributed by atoms with Crippen molar-refractivity contribution >= 4 is 11.0 Å². The second kappa shape index (κ2) is 5.90. The zero-order valence-electron chi connectivity index (χ0n) is 13.2. The van der Waals surface area contributed by atoms with Gasteiger partial charge in [-0.2, -0.15) is 0 Å². The van der Waals surface area contributed by atoms with Crippen LogP contribution in [0.4, 0.5) is 0 Å². The van der Waals surface area contributed by atoms with Gasteiger partial charge in [0.15, 0.2) is 0 Å². The number of likely N-dealkylation sites (N-methyl/N-ethyl adjacent to an activating group) is 1. The molecule has 4 heteroatoms. The Morgan fingerprint density at radius 2 is 2.10 bits per heavy atom. The van der Waals surface area contributed by atoms with Gasteiger partial charge in [-0.15, -0.1) is 0 Å². The second-order valence-corrected chi connectivity index (χ2v) is 6.04. The minimum absolute atomic E-state index is 0.865. The van der Waals surface area contributed by atoms with Crippen LogP contribution < -0.4 is 5.32 Å². The topological polar surface area (TPSA) is 33.1 Å². The molecule has 0 amide bonds. The van der Waals surface area contributed by atoms with E-state index in [9.17, 15) is 0 Å². The van der Waals surface area contributed by atoms with E-state index in [-0.39, 0.29) is 0 Å². The molecule has 0 spiro atoms. The molecule has 0 atom stereocenters. The number of nitrogens with zero attached hydrogens (tertiary/aromatic N) is 3. The first-order valence-corrected chi connectivity index (χ1v) is 7.66. The predicted molar refractivity (Wildman–Crippen MR) is 87.0 cm³/mol. The Balaban J connectivity index is 1.74. The molecule has 0 fully saturated rings. The molecule has 1 aromatic carbocycles. The van der Waals surface area contributed by atoms with Crippen LogP contribution in [0.3, 0.4) is 0 Å². The lowest BCUT2D eigenvalue weighted by Gasteiger charge is -2.24. The first kappa shape index (κ1) is 14.1. The highest BCUT2D eigenvalue weighted by Crippen LogP contribution is 2.17. The molecule has 1 N–H and O–H groups in total. The third kappa shape index (κ3) is 2.95. The fourth-order valence-electron chi connectivity index (χ4n) is 2.99. The van der Waals surface area contributed by atoms with Crippen LogP contribution in [0, 0.1) is 0 Å². The summed E-state index contributed by atoms with van der Waals surface area (Å²) < 4.78 is 2.20. The molecule has 1 aliphatic rings. The number of nitrogens with one attached hydrogen (secondary N) is 1. The molecular formula is C17H24N4. The van der Waals surface area contributed by atoms with Crippen molar-refractivity contribution in [1.29, 1.82) is 0 Å². The predicted octanol–water partition coefficient (Wildman–Crippen LogP) is 2.66. The zero-order chi connectivity index (χ0) is 14.8. The van der Waals surface area contributed by atoms with E-state index < -0.39 is 0 Å².